The summed E-state index contributed by atoms with van der Waals surface area (Å²) in [5.74, 6) is 0.657. The van der Waals surface area contributed by atoms with Crippen molar-refractivity contribution < 1.29 is 9.18 Å². The second-order valence-electron chi connectivity index (χ2n) is 11.6. The minimum atomic E-state index is -0.530. The Morgan fingerprint density at radius 1 is 1.12 bits per heavy atom. The topological polar surface area (TPSA) is 80.1 Å². The van der Waals surface area contributed by atoms with Crippen molar-refractivity contribution in [2.45, 2.75) is 64.0 Å². The number of fused-ring (bicyclic) bond motifs is 5. The number of thiophene rings is 1. The summed E-state index contributed by atoms with van der Waals surface area (Å²) in [6, 6.07) is 13.2. The highest BCUT2D eigenvalue weighted by Gasteiger charge is 2.39. The van der Waals surface area contributed by atoms with Crippen molar-refractivity contribution in [3.63, 3.8) is 0 Å². The van der Waals surface area contributed by atoms with Crippen LogP contribution in [0.15, 0.2) is 53.5 Å². The summed E-state index contributed by atoms with van der Waals surface area (Å²) in [7, 11) is 3.72. The molecule has 0 radical (unpaired) electrons. The first-order chi connectivity index (χ1) is 19.7. The molecule has 2 aliphatic rings. The zero-order chi connectivity index (χ0) is 28.8. The Hall–Kier alpha value is -3.69. The van der Waals surface area contributed by atoms with Crippen molar-refractivity contribution >= 4 is 28.6 Å². The third-order valence-electron chi connectivity index (χ3n) is 8.42. The second kappa shape index (κ2) is 10.9. The van der Waals surface area contributed by atoms with Gasteiger partial charge in [0.1, 0.15) is 11.5 Å². The number of Topliss-reactive ketones (excluding diaryl/α,β-unsaturated/α-hetero) is 1. The first kappa shape index (κ1) is 27.5. The van der Waals surface area contributed by atoms with E-state index in [0.717, 1.165) is 12.2 Å². The van der Waals surface area contributed by atoms with Crippen LogP contribution in [-0.2, 0) is 20.0 Å². The summed E-state index contributed by atoms with van der Waals surface area (Å²) in [5, 5.41) is 3.12. The number of pyridine rings is 1. The highest BCUT2D eigenvalue weighted by atomic mass is 32.1. The number of nitrogens with zero attached hydrogens (tertiary/aromatic N) is 4. The minimum Gasteiger partial charge on any atom is -0.336 e. The van der Waals surface area contributed by atoms with Crippen LogP contribution in [0.3, 0.4) is 0 Å². The summed E-state index contributed by atoms with van der Waals surface area (Å²) in [6.07, 6.45) is 5.06. The molecule has 41 heavy (non-hydrogen) atoms. The van der Waals surface area contributed by atoms with E-state index in [0.29, 0.717) is 34.1 Å². The lowest BCUT2D eigenvalue weighted by atomic mass is 9.98. The van der Waals surface area contributed by atoms with Gasteiger partial charge in [-0.15, -0.1) is 11.3 Å². The Morgan fingerprint density at radius 3 is 2.61 bits per heavy atom. The second-order valence-corrected chi connectivity index (χ2v) is 12.7. The summed E-state index contributed by atoms with van der Waals surface area (Å²) >= 11 is 1.57. The molecule has 0 saturated heterocycles. The fourth-order valence-electron chi connectivity index (χ4n) is 5.80. The average molecular weight is 572 g/mol. The molecule has 1 saturated carbocycles. The fraction of sp³-hybridized carbons (Fsp3) is 0.375. The van der Waals surface area contributed by atoms with E-state index in [-0.39, 0.29) is 29.3 Å². The molecule has 3 aromatic heterocycles. The SMILES string of the molecule is CC(C)N(C)Cc1ccc(Nc2nc(-c3ccc(F)c(CC(=O)c4cc5c(s4)C4CCC5C4)n3)cn(C)c2=O)cc1. The average Bonchev–Trinajstić information content (AvgIpc) is 3.68. The quantitative estimate of drug-likeness (QED) is 0.234. The first-order valence-corrected chi connectivity index (χ1v) is 14.9. The van der Waals surface area contributed by atoms with Gasteiger partial charge in [0.2, 0.25) is 0 Å². The van der Waals surface area contributed by atoms with Crippen LogP contribution in [0.25, 0.3) is 11.4 Å². The standard InChI is InChI=1S/C32H34FN5O2S/c1-18(2)37(3)16-19-5-9-22(10-6-19)34-31-32(40)38(4)17-27(36-31)25-12-11-24(33)26(35-25)15-28(39)29-14-23-20-7-8-21(13-20)30(23)41-29/h5-6,9-12,14,17-18,20-21H,7-8,13,15-16H2,1-4H3,(H,34,36). The van der Waals surface area contributed by atoms with E-state index in [1.807, 2.05) is 30.3 Å². The van der Waals surface area contributed by atoms with Gasteiger partial charge in [0.25, 0.3) is 5.56 Å². The van der Waals surface area contributed by atoms with E-state index in [2.05, 4.69) is 41.1 Å². The molecular weight excluding hydrogens is 537 g/mol. The molecule has 1 fully saturated rings. The summed E-state index contributed by atoms with van der Waals surface area (Å²) in [6.45, 7) is 5.13. The maximum Gasteiger partial charge on any atom is 0.293 e. The lowest BCUT2D eigenvalue weighted by Gasteiger charge is -2.21. The lowest BCUT2D eigenvalue weighted by Crippen LogP contribution is -2.25. The maximum atomic E-state index is 14.8. The van der Waals surface area contributed by atoms with Gasteiger partial charge in [-0.3, -0.25) is 14.5 Å². The molecule has 6 rings (SSSR count). The Morgan fingerprint density at radius 2 is 1.88 bits per heavy atom. The fourth-order valence-corrected chi connectivity index (χ4v) is 7.13. The van der Waals surface area contributed by atoms with E-state index in [1.165, 1.54) is 52.0 Å². The number of benzene rings is 1. The molecule has 0 aliphatic heterocycles. The molecule has 1 N–H and O–H groups in total. The van der Waals surface area contributed by atoms with Crippen LogP contribution in [0.4, 0.5) is 15.9 Å². The lowest BCUT2D eigenvalue weighted by molar-refractivity contribution is 0.0994. The molecule has 1 aromatic carbocycles. The number of hydrogen-bond donors (Lipinski definition) is 1. The molecule has 2 aliphatic carbocycles. The van der Waals surface area contributed by atoms with E-state index in [9.17, 15) is 14.0 Å². The van der Waals surface area contributed by atoms with Gasteiger partial charge in [0, 0.05) is 36.4 Å². The molecular formula is C32H34FN5O2S. The number of aryl methyl sites for hydroxylation is 1. The number of carbonyl (C=O) groups is 1. The van der Waals surface area contributed by atoms with Crippen molar-refractivity contribution in [2.24, 2.45) is 7.05 Å². The van der Waals surface area contributed by atoms with Crippen LogP contribution < -0.4 is 10.9 Å². The molecule has 4 aromatic rings. The van der Waals surface area contributed by atoms with Gasteiger partial charge in [-0.05, 0) is 93.5 Å². The Labute approximate surface area is 243 Å². The van der Waals surface area contributed by atoms with Crippen LogP contribution in [0.1, 0.15) is 76.3 Å². The molecule has 7 nitrogen and oxygen atoms in total. The number of rotatable bonds is 9. The van der Waals surface area contributed by atoms with E-state index in [4.69, 9.17) is 0 Å². The zero-order valence-electron chi connectivity index (χ0n) is 23.8. The number of hydrogen-bond acceptors (Lipinski definition) is 7. The van der Waals surface area contributed by atoms with Gasteiger partial charge in [0.15, 0.2) is 11.6 Å². The van der Waals surface area contributed by atoms with Crippen LogP contribution in [0.2, 0.25) is 0 Å². The number of aromatic nitrogens is 3. The molecule has 0 spiro atoms. The van der Waals surface area contributed by atoms with Gasteiger partial charge in [-0.25, -0.2) is 14.4 Å². The molecule has 3 heterocycles. The van der Waals surface area contributed by atoms with Crippen LogP contribution in [0.5, 0.6) is 0 Å². The zero-order valence-corrected chi connectivity index (χ0v) is 24.6. The van der Waals surface area contributed by atoms with Gasteiger partial charge < -0.3 is 9.88 Å². The molecule has 2 atom stereocenters. The van der Waals surface area contributed by atoms with Crippen LogP contribution in [0, 0.1) is 5.82 Å². The van der Waals surface area contributed by atoms with E-state index < -0.39 is 5.82 Å². The normalized spacial score (nSPS) is 17.4. The number of halogens is 1. The van der Waals surface area contributed by atoms with Crippen molar-refractivity contribution in [1.29, 1.82) is 0 Å². The maximum absolute atomic E-state index is 14.8. The minimum absolute atomic E-state index is 0.0798. The number of nitrogens with one attached hydrogen (secondary N) is 1. The van der Waals surface area contributed by atoms with Crippen LogP contribution >= 0.6 is 11.3 Å². The van der Waals surface area contributed by atoms with Gasteiger partial charge in [0.05, 0.1) is 22.7 Å². The Kier molecular flexibility index (Phi) is 7.34. The monoisotopic (exact) mass is 571 g/mol. The number of ketones is 1. The highest BCUT2D eigenvalue weighted by molar-refractivity contribution is 7.14. The third-order valence-corrected chi connectivity index (χ3v) is 9.77. The van der Waals surface area contributed by atoms with E-state index >= 15 is 0 Å². The Balaban J connectivity index is 1.22. The van der Waals surface area contributed by atoms with Crippen molar-refractivity contribution in [2.75, 3.05) is 12.4 Å². The van der Waals surface area contributed by atoms with Gasteiger partial charge in [-0.2, -0.15) is 0 Å². The highest BCUT2D eigenvalue weighted by Crippen LogP contribution is 2.56. The largest absolute Gasteiger partial charge is 0.336 e. The molecule has 2 bridgehead atoms. The van der Waals surface area contributed by atoms with Crippen molar-refractivity contribution in [3.8, 4) is 11.4 Å². The van der Waals surface area contributed by atoms with Crippen molar-refractivity contribution in [3.05, 3.63) is 91.4 Å². The van der Waals surface area contributed by atoms with E-state index in [1.54, 1.807) is 24.6 Å². The smallest absolute Gasteiger partial charge is 0.293 e. The van der Waals surface area contributed by atoms with Gasteiger partial charge in [-0.1, -0.05) is 12.1 Å². The molecule has 0 amide bonds. The molecule has 2 unspecified atom stereocenters. The molecule has 212 valence electrons. The van der Waals surface area contributed by atoms with Gasteiger partial charge >= 0.3 is 0 Å². The third kappa shape index (κ3) is 5.48. The molecule has 9 heteroatoms. The Bertz CT molecular complexity index is 1650. The summed E-state index contributed by atoms with van der Waals surface area (Å²) in [5.41, 5.74) is 3.81. The predicted molar refractivity (Wildman–Crippen MR) is 161 cm³/mol. The van der Waals surface area contributed by atoms with Crippen molar-refractivity contribution in [1.82, 2.24) is 19.4 Å². The summed E-state index contributed by atoms with van der Waals surface area (Å²) in [4.78, 5) is 39.3. The van der Waals surface area contributed by atoms with Crippen LogP contribution in [-0.4, -0.2) is 38.3 Å². The summed E-state index contributed by atoms with van der Waals surface area (Å²) < 4.78 is 16.2. The first-order valence-electron chi connectivity index (χ1n) is 14.1. The number of carbonyl (C=O) groups excluding carboxylic acids is 1. The number of anilines is 2. The predicted octanol–water partition coefficient (Wildman–Crippen LogP) is 6.42.